The molecule has 0 spiro atoms. The van der Waals surface area contributed by atoms with E-state index in [9.17, 15) is 0 Å². The lowest BCUT2D eigenvalue weighted by Gasteiger charge is -2.17. The van der Waals surface area contributed by atoms with Crippen molar-refractivity contribution in [3.05, 3.63) is 53.7 Å². The summed E-state index contributed by atoms with van der Waals surface area (Å²) in [5, 5.41) is 19.5. The van der Waals surface area contributed by atoms with Crippen molar-refractivity contribution in [3.8, 4) is 0 Å². The summed E-state index contributed by atoms with van der Waals surface area (Å²) in [6.07, 6.45) is 1.64. The Labute approximate surface area is 111 Å². The number of aromatic nitrogens is 2. The van der Waals surface area contributed by atoms with Gasteiger partial charge in [0, 0.05) is 25.4 Å². The predicted octanol–water partition coefficient (Wildman–Crippen LogP) is 1.21. The summed E-state index contributed by atoms with van der Waals surface area (Å²) in [4.78, 5) is 1.97. The van der Waals surface area contributed by atoms with Crippen LogP contribution in [0, 0.1) is 0 Å². The molecule has 0 saturated heterocycles. The van der Waals surface area contributed by atoms with Crippen molar-refractivity contribution in [1.82, 2.24) is 10.2 Å². The quantitative estimate of drug-likeness (QED) is 0.372. The fourth-order valence-corrected chi connectivity index (χ4v) is 1.74. The first-order valence-electron chi connectivity index (χ1n) is 5.76. The average molecular weight is 257 g/mol. The highest BCUT2D eigenvalue weighted by molar-refractivity contribution is 5.97. The molecule has 0 aliphatic rings. The minimum atomic E-state index is 0.101. The smallest absolute Gasteiger partial charge is 0.170 e. The normalized spacial score (nSPS) is 11.3. The lowest BCUT2D eigenvalue weighted by atomic mass is 10.1. The molecule has 0 aliphatic carbocycles. The van der Waals surface area contributed by atoms with Gasteiger partial charge in [0.2, 0.25) is 0 Å². The molecule has 19 heavy (non-hydrogen) atoms. The van der Waals surface area contributed by atoms with E-state index in [-0.39, 0.29) is 5.84 Å². The predicted molar refractivity (Wildman–Crippen MR) is 73.1 cm³/mol. The molecular formula is C13H15N5O. The van der Waals surface area contributed by atoms with Gasteiger partial charge in [-0.3, -0.25) is 0 Å². The standard InChI is InChI=1S/C13H15N5O/c1-18(12-6-3-7-15-16-12)9-10-4-2-5-11(8-10)13(14)17-19/h2-8,19H,9H2,1H3,(H2,14,17). The Morgan fingerprint density at radius 2 is 2.21 bits per heavy atom. The highest BCUT2D eigenvalue weighted by Gasteiger charge is 2.05. The van der Waals surface area contributed by atoms with Gasteiger partial charge in [-0.25, -0.2) is 0 Å². The molecule has 0 atom stereocenters. The number of nitrogens with zero attached hydrogens (tertiary/aromatic N) is 4. The van der Waals surface area contributed by atoms with E-state index in [1.165, 1.54) is 0 Å². The van der Waals surface area contributed by atoms with Gasteiger partial charge in [-0.15, -0.1) is 5.10 Å². The zero-order valence-electron chi connectivity index (χ0n) is 10.6. The number of hydrogen-bond acceptors (Lipinski definition) is 5. The largest absolute Gasteiger partial charge is 0.409 e. The summed E-state index contributed by atoms with van der Waals surface area (Å²) >= 11 is 0. The van der Waals surface area contributed by atoms with Gasteiger partial charge in [0.05, 0.1) is 0 Å². The molecule has 1 aromatic carbocycles. The first kappa shape index (κ1) is 12.8. The number of nitrogens with two attached hydrogens (primary N) is 1. The zero-order chi connectivity index (χ0) is 13.7. The zero-order valence-corrected chi connectivity index (χ0v) is 10.6. The van der Waals surface area contributed by atoms with E-state index < -0.39 is 0 Å². The van der Waals surface area contributed by atoms with Crippen LogP contribution in [-0.4, -0.2) is 28.3 Å². The summed E-state index contributed by atoms with van der Waals surface area (Å²) < 4.78 is 0. The average Bonchev–Trinajstić information content (AvgIpc) is 2.47. The Balaban J connectivity index is 2.16. The van der Waals surface area contributed by atoms with Gasteiger partial charge in [-0.2, -0.15) is 5.10 Å². The lowest BCUT2D eigenvalue weighted by molar-refractivity contribution is 0.318. The molecule has 0 aliphatic heterocycles. The van der Waals surface area contributed by atoms with Crippen molar-refractivity contribution >= 4 is 11.7 Å². The van der Waals surface area contributed by atoms with E-state index >= 15 is 0 Å². The van der Waals surface area contributed by atoms with Crippen LogP contribution in [0.4, 0.5) is 5.82 Å². The molecule has 2 rings (SSSR count). The number of hydrogen-bond donors (Lipinski definition) is 2. The lowest BCUT2D eigenvalue weighted by Crippen LogP contribution is -2.19. The van der Waals surface area contributed by atoms with Gasteiger partial charge < -0.3 is 15.8 Å². The highest BCUT2D eigenvalue weighted by atomic mass is 16.4. The van der Waals surface area contributed by atoms with Crippen LogP contribution < -0.4 is 10.6 Å². The van der Waals surface area contributed by atoms with Crippen molar-refractivity contribution in [2.75, 3.05) is 11.9 Å². The van der Waals surface area contributed by atoms with Crippen molar-refractivity contribution in [1.29, 1.82) is 0 Å². The Bertz CT molecular complexity index is 570. The SMILES string of the molecule is CN(Cc1cccc(C(N)=NO)c1)c1cccnn1. The van der Waals surface area contributed by atoms with Crippen LogP contribution in [0.15, 0.2) is 47.8 Å². The molecule has 0 bridgehead atoms. The van der Waals surface area contributed by atoms with E-state index in [2.05, 4.69) is 15.4 Å². The fourth-order valence-electron chi connectivity index (χ4n) is 1.74. The van der Waals surface area contributed by atoms with E-state index in [1.54, 1.807) is 12.3 Å². The third-order valence-electron chi connectivity index (χ3n) is 2.70. The second-order valence-corrected chi connectivity index (χ2v) is 4.12. The molecule has 2 aromatic rings. The maximum absolute atomic E-state index is 8.67. The molecule has 1 heterocycles. The van der Waals surface area contributed by atoms with Gasteiger partial charge >= 0.3 is 0 Å². The fraction of sp³-hybridized carbons (Fsp3) is 0.154. The maximum atomic E-state index is 8.67. The Hall–Kier alpha value is -2.63. The molecule has 1 aromatic heterocycles. The van der Waals surface area contributed by atoms with Gasteiger partial charge in [-0.1, -0.05) is 23.4 Å². The number of oxime groups is 1. The van der Waals surface area contributed by atoms with Gasteiger partial charge in [0.25, 0.3) is 0 Å². The molecule has 98 valence electrons. The van der Waals surface area contributed by atoms with Crippen molar-refractivity contribution in [2.24, 2.45) is 10.9 Å². The molecule has 0 amide bonds. The molecule has 6 heteroatoms. The number of benzene rings is 1. The second-order valence-electron chi connectivity index (χ2n) is 4.12. The summed E-state index contributed by atoms with van der Waals surface area (Å²) in [5.41, 5.74) is 7.30. The minimum absolute atomic E-state index is 0.101. The number of rotatable bonds is 4. The van der Waals surface area contributed by atoms with Crippen LogP contribution in [-0.2, 0) is 6.54 Å². The van der Waals surface area contributed by atoms with Crippen molar-refractivity contribution < 1.29 is 5.21 Å². The minimum Gasteiger partial charge on any atom is -0.409 e. The highest BCUT2D eigenvalue weighted by Crippen LogP contribution is 2.12. The number of amidine groups is 1. The summed E-state index contributed by atoms with van der Waals surface area (Å²) in [5.74, 6) is 0.890. The third-order valence-corrected chi connectivity index (χ3v) is 2.70. The topological polar surface area (TPSA) is 87.6 Å². The molecule has 0 fully saturated rings. The molecule has 0 unspecified atom stereocenters. The van der Waals surface area contributed by atoms with Crippen LogP contribution >= 0.6 is 0 Å². The molecule has 3 N–H and O–H groups in total. The van der Waals surface area contributed by atoms with Crippen molar-refractivity contribution in [2.45, 2.75) is 6.54 Å². The van der Waals surface area contributed by atoms with Gasteiger partial charge in [0.15, 0.2) is 11.7 Å². The Morgan fingerprint density at radius 3 is 2.89 bits per heavy atom. The molecule has 0 saturated carbocycles. The Morgan fingerprint density at radius 1 is 1.37 bits per heavy atom. The summed E-state index contributed by atoms with van der Waals surface area (Å²) in [6, 6.07) is 11.2. The van der Waals surface area contributed by atoms with Crippen LogP contribution in [0.1, 0.15) is 11.1 Å². The van der Waals surface area contributed by atoms with Crippen molar-refractivity contribution in [3.63, 3.8) is 0 Å². The summed E-state index contributed by atoms with van der Waals surface area (Å²) in [7, 11) is 1.93. The first-order valence-corrected chi connectivity index (χ1v) is 5.76. The second kappa shape index (κ2) is 5.81. The monoisotopic (exact) mass is 257 g/mol. The third kappa shape index (κ3) is 3.19. The number of anilines is 1. The maximum Gasteiger partial charge on any atom is 0.170 e. The van der Waals surface area contributed by atoms with Crippen LogP contribution in [0.3, 0.4) is 0 Å². The van der Waals surface area contributed by atoms with Gasteiger partial charge in [0.1, 0.15) is 0 Å². The molecular weight excluding hydrogens is 242 g/mol. The van der Waals surface area contributed by atoms with Crippen LogP contribution in [0.2, 0.25) is 0 Å². The van der Waals surface area contributed by atoms with E-state index in [0.717, 1.165) is 11.4 Å². The molecule has 6 nitrogen and oxygen atoms in total. The first-order chi connectivity index (χ1) is 9.20. The van der Waals surface area contributed by atoms with E-state index in [4.69, 9.17) is 10.9 Å². The van der Waals surface area contributed by atoms with E-state index in [1.807, 2.05) is 42.3 Å². The van der Waals surface area contributed by atoms with Crippen LogP contribution in [0.5, 0.6) is 0 Å². The van der Waals surface area contributed by atoms with Crippen LogP contribution in [0.25, 0.3) is 0 Å². The molecule has 0 radical (unpaired) electrons. The Kier molecular flexibility index (Phi) is 3.92. The van der Waals surface area contributed by atoms with Gasteiger partial charge in [-0.05, 0) is 23.8 Å². The van der Waals surface area contributed by atoms with E-state index in [0.29, 0.717) is 12.1 Å². The summed E-state index contributed by atoms with van der Waals surface area (Å²) in [6.45, 7) is 0.658.